The SMILES string of the molecule is CC(C)(C)OC[C@@H]1COCCN1C(=O)OCc1ccccc1. The number of amides is 1. The van der Waals surface area contributed by atoms with Gasteiger partial charge in [0.15, 0.2) is 0 Å². The maximum Gasteiger partial charge on any atom is 0.410 e. The lowest BCUT2D eigenvalue weighted by Crippen LogP contribution is -2.51. The molecule has 0 bridgehead atoms. The van der Waals surface area contributed by atoms with Gasteiger partial charge in [0.2, 0.25) is 0 Å². The van der Waals surface area contributed by atoms with E-state index in [0.29, 0.717) is 26.4 Å². The third kappa shape index (κ3) is 5.31. The molecule has 1 fully saturated rings. The van der Waals surface area contributed by atoms with Crippen molar-refractivity contribution in [3.8, 4) is 0 Å². The molecule has 2 rings (SSSR count). The van der Waals surface area contributed by atoms with Gasteiger partial charge in [-0.25, -0.2) is 4.79 Å². The van der Waals surface area contributed by atoms with Crippen LogP contribution in [0.25, 0.3) is 0 Å². The molecular weight excluding hydrogens is 282 g/mol. The van der Waals surface area contributed by atoms with Crippen molar-refractivity contribution in [2.75, 3.05) is 26.4 Å². The molecule has 22 heavy (non-hydrogen) atoms. The van der Waals surface area contributed by atoms with Crippen molar-refractivity contribution >= 4 is 6.09 Å². The largest absolute Gasteiger partial charge is 0.445 e. The summed E-state index contributed by atoms with van der Waals surface area (Å²) in [6.45, 7) is 8.26. The van der Waals surface area contributed by atoms with E-state index in [0.717, 1.165) is 5.56 Å². The Hall–Kier alpha value is -1.59. The quantitative estimate of drug-likeness (QED) is 0.858. The minimum atomic E-state index is -0.310. The molecular formula is C17H25NO4. The van der Waals surface area contributed by atoms with Gasteiger partial charge in [-0.1, -0.05) is 30.3 Å². The van der Waals surface area contributed by atoms with Gasteiger partial charge in [0, 0.05) is 6.54 Å². The maximum atomic E-state index is 12.3. The first-order valence-electron chi connectivity index (χ1n) is 7.65. The van der Waals surface area contributed by atoms with Gasteiger partial charge in [-0.3, -0.25) is 4.90 Å². The summed E-state index contributed by atoms with van der Waals surface area (Å²) in [5.74, 6) is 0. The number of nitrogens with zero attached hydrogens (tertiary/aromatic N) is 1. The van der Waals surface area contributed by atoms with Crippen LogP contribution >= 0.6 is 0 Å². The third-order valence-corrected chi connectivity index (χ3v) is 3.38. The van der Waals surface area contributed by atoms with E-state index in [1.165, 1.54) is 0 Å². The second-order valence-electron chi connectivity index (χ2n) is 6.39. The number of carbonyl (C=O) groups excluding carboxylic acids is 1. The Bertz CT molecular complexity index is 469. The summed E-state index contributed by atoms with van der Waals surface area (Å²) in [5, 5.41) is 0. The number of rotatable bonds is 4. The number of morpholine rings is 1. The summed E-state index contributed by atoms with van der Waals surface area (Å²) >= 11 is 0. The molecule has 0 aliphatic carbocycles. The van der Waals surface area contributed by atoms with E-state index in [2.05, 4.69) is 0 Å². The van der Waals surface area contributed by atoms with Gasteiger partial charge >= 0.3 is 6.09 Å². The fraction of sp³-hybridized carbons (Fsp3) is 0.588. The molecule has 1 heterocycles. The molecule has 5 nitrogen and oxygen atoms in total. The van der Waals surface area contributed by atoms with Gasteiger partial charge < -0.3 is 14.2 Å². The van der Waals surface area contributed by atoms with Crippen LogP contribution in [0.1, 0.15) is 26.3 Å². The lowest BCUT2D eigenvalue weighted by Gasteiger charge is -2.36. The summed E-state index contributed by atoms with van der Waals surface area (Å²) < 4.78 is 16.6. The van der Waals surface area contributed by atoms with Gasteiger partial charge in [-0.05, 0) is 26.3 Å². The number of carbonyl (C=O) groups is 1. The molecule has 1 aliphatic rings. The van der Waals surface area contributed by atoms with E-state index >= 15 is 0 Å². The second-order valence-corrected chi connectivity index (χ2v) is 6.39. The molecule has 1 aliphatic heterocycles. The van der Waals surface area contributed by atoms with Gasteiger partial charge in [0.1, 0.15) is 6.61 Å². The second kappa shape index (κ2) is 7.61. The Labute approximate surface area is 132 Å². The molecule has 0 saturated carbocycles. The fourth-order valence-corrected chi connectivity index (χ4v) is 2.18. The summed E-state index contributed by atoms with van der Waals surface area (Å²) in [6.07, 6.45) is -0.310. The zero-order chi connectivity index (χ0) is 16.0. The van der Waals surface area contributed by atoms with Gasteiger partial charge in [0.25, 0.3) is 0 Å². The zero-order valence-electron chi connectivity index (χ0n) is 13.6. The molecule has 1 aromatic rings. The first-order chi connectivity index (χ1) is 10.5. The minimum Gasteiger partial charge on any atom is -0.445 e. The average Bonchev–Trinajstić information content (AvgIpc) is 2.51. The van der Waals surface area contributed by atoms with Gasteiger partial charge in [-0.2, -0.15) is 0 Å². The average molecular weight is 307 g/mol. The summed E-state index contributed by atoms with van der Waals surface area (Å²) in [5.41, 5.74) is 0.739. The molecule has 1 amide bonds. The minimum absolute atomic E-state index is 0.101. The van der Waals surface area contributed by atoms with Gasteiger partial charge in [-0.15, -0.1) is 0 Å². The van der Waals surface area contributed by atoms with E-state index in [-0.39, 0.29) is 24.3 Å². The molecule has 122 valence electrons. The van der Waals surface area contributed by atoms with Crippen molar-refractivity contribution in [1.29, 1.82) is 0 Å². The lowest BCUT2D eigenvalue weighted by atomic mass is 10.2. The highest BCUT2D eigenvalue weighted by atomic mass is 16.6. The van der Waals surface area contributed by atoms with Crippen LogP contribution in [0, 0.1) is 0 Å². The normalized spacial score (nSPS) is 19.0. The highest BCUT2D eigenvalue weighted by molar-refractivity contribution is 5.68. The topological polar surface area (TPSA) is 48.0 Å². The van der Waals surface area contributed by atoms with Crippen LogP contribution in [0.5, 0.6) is 0 Å². The molecule has 0 unspecified atom stereocenters. The van der Waals surface area contributed by atoms with E-state index in [4.69, 9.17) is 14.2 Å². The van der Waals surface area contributed by atoms with Crippen molar-refractivity contribution in [3.05, 3.63) is 35.9 Å². The molecule has 1 atom stereocenters. The first-order valence-corrected chi connectivity index (χ1v) is 7.65. The highest BCUT2D eigenvalue weighted by Crippen LogP contribution is 2.14. The van der Waals surface area contributed by atoms with Crippen molar-refractivity contribution in [2.45, 2.75) is 39.0 Å². The van der Waals surface area contributed by atoms with E-state index in [1.54, 1.807) is 4.90 Å². The van der Waals surface area contributed by atoms with Crippen molar-refractivity contribution < 1.29 is 19.0 Å². The summed E-state index contributed by atoms with van der Waals surface area (Å²) in [4.78, 5) is 14.0. The smallest absolute Gasteiger partial charge is 0.410 e. The lowest BCUT2D eigenvalue weighted by molar-refractivity contribution is -0.0760. The van der Waals surface area contributed by atoms with Crippen LogP contribution in [-0.2, 0) is 20.8 Å². The number of hydrogen-bond donors (Lipinski definition) is 0. The van der Waals surface area contributed by atoms with Crippen LogP contribution in [0.4, 0.5) is 4.79 Å². The Morgan fingerprint density at radius 3 is 2.73 bits per heavy atom. The maximum absolute atomic E-state index is 12.3. The fourth-order valence-electron chi connectivity index (χ4n) is 2.18. The third-order valence-electron chi connectivity index (χ3n) is 3.38. The van der Waals surface area contributed by atoms with E-state index in [9.17, 15) is 4.79 Å². The summed E-state index contributed by atoms with van der Waals surface area (Å²) in [7, 11) is 0. The predicted octanol–water partition coefficient (Wildman–Crippen LogP) is 2.84. The summed E-state index contributed by atoms with van der Waals surface area (Å²) in [6, 6.07) is 9.57. The molecule has 5 heteroatoms. The van der Waals surface area contributed by atoms with Crippen LogP contribution in [0.2, 0.25) is 0 Å². The van der Waals surface area contributed by atoms with E-state index < -0.39 is 0 Å². The molecule has 1 saturated heterocycles. The standard InChI is InChI=1S/C17H25NO4/c1-17(2,3)22-13-15-12-20-10-9-18(15)16(19)21-11-14-7-5-4-6-8-14/h4-8,15H,9-13H2,1-3H3/t15-/m0/s1. The van der Waals surface area contributed by atoms with Crippen LogP contribution < -0.4 is 0 Å². The van der Waals surface area contributed by atoms with Crippen molar-refractivity contribution in [3.63, 3.8) is 0 Å². The Kier molecular flexibility index (Phi) is 5.80. The Balaban J connectivity index is 1.87. The molecule has 1 aromatic carbocycles. The molecule has 0 spiro atoms. The van der Waals surface area contributed by atoms with Crippen molar-refractivity contribution in [1.82, 2.24) is 4.90 Å². The Morgan fingerprint density at radius 2 is 2.05 bits per heavy atom. The van der Waals surface area contributed by atoms with E-state index in [1.807, 2.05) is 51.1 Å². The number of hydrogen-bond acceptors (Lipinski definition) is 4. The number of benzene rings is 1. The predicted molar refractivity (Wildman–Crippen MR) is 83.6 cm³/mol. The van der Waals surface area contributed by atoms with Crippen molar-refractivity contribution in [2.24, 2.45) is 0 Å². The zero-order valence-corrected chi connectivity index (χ0v) is 13.6. The number of ether oxygens (including phenoxy) is 3. The van der Waals surface area contributed by atoms with Crippen LogP contribution in [0.3, 0.4) is 0 Å². The highest BCUT2D eigenvalue weighted by Gasteiger charge is 2.30. The Morgan fingerprint density at radius 1 is 1.32 bits per heavy atom. The molecule has 0 aromatic heterocycles. The molecule has 0 radical (unpaired) electrons. The van der Waals surface area contributed by atoms with Gasteiger partial charge in [0.05, 0.1) is 31.5 Å². The monoisotopic (exact) mass is 307 g/mol. The van der Waals surface area contributed by atoms with Crippen LogP contribution in [-0.4, -0.2) is 49.0 Å². The van der Waals surface area contributed by atoms with Crippen LogP contribution in [0.15, 0.2) is 30.3 Å². The first kappa shape index (κ1) is 16.8. The molecule has 0 N–H and O–H groups in total.